The molecule has 0 spiro atoms. The van der Waals surface area contributed by atoms with E-state index in [-0.39, 0.29) is 11.3 Å². The Morgan fingerprint density at radius 3 is 2.52 bits per heavy atom. The van der Waals surface area contributed by atoms with Gasteiger partial charge in [0.05, 0.1) is 6.54 Å². The number of hydrogen-bond acceptors (Lipinski definition) is 1. The van der Waals surface area contributed by atoms with Crippen molar-refractivity contribution in [2.24, 2.45) is 0 Å². The summed E-state index contributed by atoms with van der Waals surface area (Å²) in [6.07, 6.45) is 6.68. The monoisotopic (exact) mass is 286 g/mol. The molecule has 2 N–H and O–H groups in total. The number of carbonyl (C=O) groups excluding carboxylic acids is 1. The topological polar surface area (TPSA) is 48.8 Å². The van der Waals surface area contributed by atoms with Gasteiger partial charge in [-0.15, -0.1) is 0 Å². The number of nitrogens with one attached hydrogen (secondary N) is 2. The molecule has 0 unspecified atom stereocenters. The van der Waals surface area contributed by atoms with Crippen LogP contribution in [0.2, 0.25) is 0 Å². The number of benzene rings is 1. The Morgan fingerprint density at radius 1 is 1.24 bits per heavy atom. The molecule has 0 atom stereocenters. The Kier molecular flexibility index (Phi) is 4.78. The summed E-state index contributed by atoms with van der Waals surface area (Å²) in [5, 5.41) is 2.96. The van der Waals surface area contributed by atoms with E-state index in [4.69, 9.17) is 0 Å². The van der Waals surface area contributed by atoms with E-state index in [9.17, 15) is 4.79 Å². The largest absolute Gasteiger partial charge is 0.352 e. The molecule has 2 aromatic rings. The van der Waals surface area contributed by atoms with Gasteiger partial charge in [-0.1, -0.05) is 32.9 Å². The third-order valence-corrected chi connectivity index (χ3v) is 3.49. The molecule has 0 aliphatic heterocycles. The van der Waals surface area contributed by atoms with Crippen molar-refractivity contribution < 1.29 is 9.36 Å². The Bertz CT molecular complexity index is 565. The van der Waals surface area contributed by atoms with E-state index < -0.39 is 0 Å². The van der Waals surface area contributed by atoms with Crippen LogP contribution in [0.5, 0.6) is 0 Å². The molecule has 4 heteroatoms. The van der Waals surface area contributed by atoms with E-state index in [2.05, 4.69) is 35.6 Å². The van der Waals surface area contributed by atoms with Crippen LogP contribution in [0.15, 0.2) is 43.0 Å². The van der Waals surface area contributed by atoms with Crippen LogP contribution in [0.4, 0.5) is 0 Å². The number of amides is 1. The number of aryl methyl sites for hydroxylation is 1. The summed E-state index contributed by atoms with van der Waals surface area (Å²) in [6, 6.07) is 7.86. The van der Waals surface area contributed by atoms with Gasteiger partial charge >= 0.3 is 0 Å². The SMILES string of the molecule is CC(C)(C)c1ccc(C(=O)NCCC[n+]2cc[nH]c2)cc1. The van der Waals surface area contributed by atoms with Crippen molar-refractivity contribution in [2.45, 2.75) is 39.2 Å². The smallest absolute Gasteiger partial charge is 0.251 e. The van der Waals surface area contributed by atoms with E-state index >= 15 is 0 Å². The van der Waals surface area contributed by atoms with E-state index in [1.165, 1.54) is 5.56 Å². The van der Waals surface area contributed by atoms with Crippen LogP contribution in [0, 0.1) is 0 Å². The lowest BCUT2D eigenvalue weighted by atomic mass is 9.87. The first-order chi connectivity index (χ1) is 9.97. The average Bonchev–Trinajstić information content (AvgIpc) is 2.96. The number of hydrogen-bond donors (Lipinski definition) is 2. The molecule has 112 valence electrons. The first-order valence-corrected chi connectivity index (χ1v) is 7.37. The summed E-state index contributed by atoms with van der Waals surface area (Å²) >= 11 is 0. The predicted octanol–water partition coefficient (Wildman–Crippen LogP) is 2.42. The molecular weight excluding hydrogens is 262 g/mol. The van der Waals surface area contributed by atoms with Crippen molar-refractivity contribution in [3.8, 4) is 0 Å². The van der Waals surface area contributed by atoms with Gasteiger partial charge in [-0.2, -0.15) is 0 Å². The molecule has 0 radical (unpaired) electrons. The number of carbonyl (C=O) groups is 1. The van der Waals surface area contributed by atoms with Gasteiger partial charge in [-0.3, -0.25) is 9.78 Å². The molecule has 21 heavy (non-hydrogen) atoms. The lowest BCUT2D eigenvalue weighted by Gasteiger charge is -2.19. The zero-order valence-electron chi connectivity index (χ0n) is 13.0. The van der Waals surface area contributed by atoms with E-state index in [1.54, 1.807) is 0 Å². The second-order valence-electron chi connectivity index (χ2n) is 6.29. The van der Waals surface area contributed by atoms with Gasteiger partial charge in [0.25, 0.3) is 5.91 Å². The molecule has 2 rings (SSSR count). The summed E-state index contributed by atoms with van der Waals surface area (Å²) in [4.78, 5) is 15.0. The lowest BCUT2D eigenvalue weighted by Crippen LogP contribution is -2.33. The molecule has 0 aliphatic carbocycles. The van der Waals surface area contributed by atoms with Crippen molar-refractivity contribution in [3.63, 3.8) is 0 Å². The van der Waals surface area contributed by atoms with Crippen LogP contribution in [0.1, 0.15) is 43.1 Å². The van der Waals surface area contributed by atoms with E-state index in [0.29, 0.717) is 6.54 Å². The molecule has 1 aromatic carbocycles. The molecule has 0 saturated heterocycles. The summed E-state index contributed by atoms with van der Waals surface area (Å²) in [7, 11) is 0. The fourth-order valence-electron chi connectivity index (χ4n) is 2.15. The third-order valence-electron chi connectivity index (χ3n) is 3.49. The predicted molar refractivity (Wildman–Crippen MR) is 83.1 cm³/mol. The van der Waals surface area contributed by atoms with Crippen LogP contribution in [-0.2, 0) is 12.0 Å². The fraction of sp³-hybridized carbons (Fsp3) is 0.412. The molecular formula is C17H24N3O+. The van der Waals surface area contributed by atoms with Crippen molar-refractivity contribution in [3.05, 3.63) is 54.1 Å². The average molecular weight is 286 g/mol. The molecule has 1 heterocycles. The number of H-pyrrole nitrogens is 1. The number of imidazole rings is 1. The van der Waals surface area contributed by atoms with Gasteiger partial charge in [-0.05, 0) is 23.1 Å². The van der Waals surface area contributed by atoms with E-state index in [0.717, 1.165) is 18.5 Å². The summed E-state index contributed by atoms with van der Waals surface area (Å²) < 4.78 is 2.06. The minimum absolute atomic E-state index is 0.00507. The highest BCUT2D eigenvalue weighted by molar-refractivity contribution is 5.94. The van der Waals surface area contributed by atoms with E-state index in [1.807, 2.05) is 43.0 Å². The highest BCUT2D eigenvalue weighted by Gasteiger charge is 2.14. The Balaban J connectivity index is 1.80. The summed E-state index contributed by atoms with van der Waals surface area (Å²) in [5.74, 6) is -0.00507. The first-order valence-electron chi connectivity index (χ1n) is 7.37. The number of aromatic amines is 1. The number of aromatic nitrogens is 2. The number of nitrogens with zero attached hydrogens (tertiary/aromatic N) is 1. The van der Waals surface area contributed by atoms with Crippen molar-refractivity contribution in [1.82, 2.24) is 10.3 Å². The summed E-state index contributed by atoms with van der Waals surface area (Å²) in [6.45, 7) is 8.08. The maximum absolute atomic E-state index is 12.0. The quantitative estimate of drug-likeness (QED) is 0.643. The Hall–Kier alpha value is -2.10. The van der Waals surface area contributed by atoms with Crippen LogP contribution in [0.25, 0.3) is 0 Å². The van der Waals surface area contributed by atoms with Crippen molar-refractivity contribution in [1.29, 1.82) is 0 Å². The fourth-order valence-corrected chi connectivity index (χ4v) is 2.15. The second kappa shape index (κ2) is 6.57. The lowest BCUT2D eigenvalue weighted by molar-refractivity contribution is -0.695. The van der Waals surface area contributed by atoms with Crippen molar-refractivity contribution >= 4 is 5.91 Å². The zero-order chi connectivity index (χ0) is 15.3. The van der Waals surface area contributed by atoms with Gasteiger partial charge in [-0.25, -0.2) is 4.57 Å². The molecule has 4 nitrogen and oxygen atoms in total. The normalized spacial score (nSPS) is 11.4. The first kappa shape index (κ1) is 15.3. The summed E-state index contributed by atoms with van der Waals surface area (Å²) in [5.41, 5.74) is 2.07. The number of rotatable bonds is 5. The molecule has 1 aromatic heterocycles. The Labute approximate surface area is 126 Å². The molecule has 0 fully saturated rings. The molecule has 0 saturated carbocycles. The van der Waals surface area contributed by atoms with Crippen molar-refractivity contribution in [2.75, 3.05) is 6.54 Å². The van der Waals surface area contributed by atoms with Gasteiger partial charge < -0.3 is 5.32 Å². The maximum Gasteiger partial charge on any atom is 0.251 e. The molecule has 0 bridgehead atoms. The van der Waals surface area contributed by atoms with Gasteiger partial charge in [0.2, 0.25) is 6.33 Å². The van der Waals surface area contributed by atoms with Gasteiger partial charge in [0.15, 0.2) is 0 Å². The van der Waals surface area contributed by atoms with Crippen LogP contribution in [0.3, 0.4) is 0 Å². The minimum atomic E-state index is -0.00507. The molecule has 0 aliphatic rings. The van der Waals surface area contributed by atoms with Gasteiger partial charge in [0.1, 0.15) is 12.4 Å². The maximum atomic E-state index is 12.0. The second-order valence-corrected chi connectivity index (χ2v) is 6.29. The third kappa shape index (κ3) is 4.45. The van der Waals surface area contributed by atoms with Crippen LogP contribution < -0.4 is 9.88 Å². The standard InChI is InChI=1S/C17H23N3O/c1-17(2,3)15-7-5-14(6-8-15)16(21)19-9-4-11-20-12-10-18-13-20/h5-8,10,12-13H,4,9,11H2,1-3H3,(H,19,21)/p+1. The highest BCUT2D eigenvalue weighted by atomic mass is 16.1. The minimum Gasteiger partial charge on any atom is -0.352 e. The van der Waals surface area contributed by atoms with Crippen LogP contribution in [-0.4, -0.2) is 17.4 Å². The highest BCUT2D eigenvalue weighted by Crippen LogP contribution is 2.22. The van der Waals surface area contributed by atoms with Gasteiger partial charge in [0, 0.05) is 18.5 Å². The zero-order valence-corrected chi connectivity index (χ0v) is 13.0. The van der Waals surface area contributed by atoms with Crippen LogP contribution >= 0.6 is 0 Å². The Morgan fingerprint density at radius 2 is 1.95 bits per heavy atom. The molecule has 1 amide bonds.